The van der Waals surface area contributed by atoms with E-state index in [1.807, 2.05) is 13.8 Å². The van der Waals surface area contributed by atoms with Crippen LogP contribution in [0.1, 0.15) is 20.3 Å². The lowest BCUT2D eigenvalue weighted by Gasteiger charge is -2.09. The maximum Gasteiger partial charge on any atom is 0.323 e. The Balaban J connectivity index is 2.54. The molecule has 1 aromatic heterocycles. The first-order chi connectivity index (χ1) is 8.47. The first-order valence-electron chi connectivity index (χ1n) is 5.69. The fraction of sp³-hybridized carbons (Fsp3) is 0.700. The standard InChI is InChI=1S/C10H19N5O2S/c1-7(2)17-10-14-8(11)13-9(15-10)12-5-4-6-18(3)16/h7H,4-6H2,1-3H3,(H3,11,12,13,14,15). The minimum atomic E-state index is -0.783. The zero-order valence-corrected chi connectivity index (χ0v) is 11.7. The maximum absolute atomic E-state index is 10.9. The average molecular weight is 273 g/mol. The van der Waals surface area contributed by atoms with Crippen LogP contribution in [0, 0.1) is 0 Å². The molecule has 18 heavy (non-hydrogen) atoms. The summed E-state index contributed by atoms with van der Waals surface area (Å²) in [6.45, 7) is 4.39. The molecule has 0 aromatic carbocycles. The summed E-state index contributed by atoms with van der Waals surface area (Å²) in [5.74, 6) is 1.13. The molecule has 102 valence electrons. The summed E-state index contributed by atoms with van der Waals surface area (Å²) < 4.78 is 16.2. The van der Waals surface area contributed by atoms with Crippen LogP contribution in [0.25, 0.3) is 0 Å². The molecule has 0 saturated heterocycles. The van der Waals surface area contributed by atoms with Crippen molar-refractivity contribution in [3.63, 3.8) is 0 Å². The van der Waals surface area contributed by atoms with E-state index in [1.54, 1.807) is 6.26 Å². The topological polar surface area (TPSA) is 103 Å². The van der Waals surface area contributed by atoms with Crippen LogP contribution >= 0.6 is 0 Å². The second-order valence-electron chi connectivity index (χ2n) is 4.02. The molecule has 0 radical (unpaired) electrons. The molecule has 3 N–H and O–H groups in total. The molecule has 0 aliphatic rings. The van der Waals surface area contributed by atoms with E-state index in [2.05, 4.69) is 20.3 Å². The van der Waals surface area contributed by atoms with Gasteiger partial charge < -0.3 is 15.8 Å². The predicted molar refractivity (Wildman–Crippen MR) is 72.0 cm³/mol. The third kappa shape index (κ3) is 5.76. The van der Waals surface area contributed by atoms with Crippen molar-refractivity contribution in [2.75, 3.05) is 29.6 Å². The highest BCUT2D eigenvalue weighted by Crippen LogP contribution is 2.10. The third-order valence-corrected chi connectivity index (χ3v) is 2.73. The number of aromatic nitrogens is 3. The van der Waals surface area contributed by atoms with Crippen LogP contribution in [-0.2, 0) is 10.8 Å². The van der Waals surface area contributed by atoms with Crippen LogP contribution < -0.4 is 15.8 Å². The molecule has 1 heterocycles. The first-order valence-corrected chi connectivity index (χ1v) is 7.42. The van der Waals surface area contributed by atoms with Gasteiger partial charge in [-0.3, -0.25) is 4.21 Å². The van der Waals surface area contributed by atoms with Crippen molar-refractivity contribution in [3.05, 3.63) is 0 Å². The number of nitrogens with two attached hydrogens (primary N) is 1. The Hall–Kier alpha value is -1.44. The summed E-state index contributed by atoms with van der Waals surface area (Å²) >= 11 is 0. The van der Waals surface area contributed by atoms with Crippen LogP contribution in [0.4, 0.5) is 11.9 Å². The number of anilines is 2. The van der Waals surface area contributed by atoms with Gasteiger partial charge in [0.2, 0.25) is 11.9 Å². The van der Waals surface area contributed by atoms with Gasteiger partial charge in [0, 0.05) is 29.4 Å². The van der Waals surface area contributed by atoms with Crippen molar-refractivity contribution in [2.24, 2.45) is 0 Å². The second-order valence-corrected chi connectivity index (χ2v) is 5.58. The maximum atomic E-state index is 10.9. The minimum Gasteiger partial charge on any atom is -0.461 e. The van der Waals surface area contributed by atoms with Gasteiger partial charge in [0.1, 0.15) is 0 Å². The largest absolute Gasteiger partial charge is 0.461 e. The van der Waals surface area contributed by atoms with Gasteiger partial charge in [-0.25, -0.2) is 0 Å². The molecule has 8 heteroatoms. The number of rotatable bonds is 7. The van der Waals surface area contributed by atoms with Crippen LogP contribution in [0.2, 0.25) is 0 Å². The Labute approximate surface area is 109 Å². The zero-order valence-electron chi connectivity index (χ0n) is 10.8. The Bertz CT molecular complexity index is 413. The first kappa shape index (κ1) is 14.6. The lowest BCUT2D eigenvalue weighted by molar-refractivity contribution is 0.222. The van der Waals surface area contributed by atoms with Gasteiger partial charge in [-0.2, -0.15) is 15.0 Å². The molecule has 7 nitrogen and oxygen atoms in total. The quantitative estimate of drug-likeness (QED) is 0.694. The highest BCUT2D eigenvalue weighted by Gasteiger charge is 2.06. The molecule has 0 bridgehead atoms. The van der Waals surface area contributed by atoms with Crippen LogP contribution in [0.5, 0.6) is 6.01 Å². The van der Waals surface area contributed by atoms with E-state index < -0.39 is 10.8 Å². The van der Waals surface area contributed by atoms with E-state index in [0.29, 0.717) is 18.2 Å². The Kier molecular flexibility index (Phi) is 5.76. The van der Waals surface area contributed by atoms with E-state index in [1.165, 1.54) is 0 Å². The zero-order chi connectivity index (χ0) is 13.5. The minimum absolute atomic E-state index is 0.0258. The molecular weight excluding hydrogens is 254 g/mol. The van der Waals surface area contributed by atoms with Gasteiger partial charge in [0.05, 0.1) is 6.10 Å². The summed E-state index contributed by atoms with van der Waals surface area (Å²) in [7, 11) is -0.783. The van der Waals surface area contributed by atoms with Crippen molar-refractivity contribution in [1.29, 1.82) is 0 Å². The smallest absolute Gasteiger partial charge is 0.323 e. The summed E-state index contributed by atoms with van der Waals surface area (Å²) in [5, 5.41) is 3.00. The van der Waals surface area contributed by atoms with Crippen LogP contribution in [0.3, 0.4) is 0 Å². The van der Waals surface area contributed by atoms with E-state index in [-0.39, 0.29) is 18.1 Å². The molecule has 1 rings (SSSR count). The van der Waals surface area contributed by atoms with E-state index >= 15 is 0 Å². The number of ether oxygens (including phenoxy) is 1. The molecule has 0 aliphatic heterocycles. The van der Waals surface area contributed by atoms with Gasteiger partial charge in [0.15, 0.2) is 0 Å². The molecular formula is C10H19N5O2S. The molecule has 0 fully saturated rings. The van der Waals surface area contributed by atoms with Gasteiger partial charge in [-0.1, -0.05) is 0 Å². The Morgan fingerprint density at radius 3 is 2.72 bits per heavy atom. The van der Waals surface area contributed by atoms with Crippen molar-refractivity contribution >= 4 is 22.7 Å². The third-order valence-electron chi connectivity index (χ3n) is 1.86. The monoisotopic (exact) mass is 273 g/mol. The molecule has 1 unspecified atom stereocenters. The fourth-order valence-corrected chi connectivity index (χ4v) is 1.74. The predicted octanol–water partition coefficient (Wildman–Crippen LogP) is 0.421. The van der Waals surface area contributed by atoms with E-state index in [0.717, 1.165) is 6.42 Å². The molecule has 1 atom stereocenters. The van der Waals surface area contributed by atoms with Crippen LogP contribution in [-0.4, -0.2) is 43.8 Å². The number of hydrogen-bond acceptors (Lipinski definition) is 7. The average Bonchev–Trinajstić information content (AvgIpc) is 2.22. The lowest BCUT2D eigenvalue weighted by atomic mass is 10.5. The van der Waals surface area contributed by atoms with Gasteiger partial charge in [-0.05, 0) is 20.3 Å². The molecule has 0 spiro atoms. The molecule has 1 aromatic rings. The van der Waals surface area contributed by atoms with E-state index in [4.69, 9.17) is 10.5 Å². The molecule has 0 aliphatic carbocycles. The van der Waals surface area contributed by atoms with Crippen LogP contribution in [0.15, 0.2) is 0 Å². The number of nitrogens with one attached hydrogen (secondary N) is 1. The number of nitrogen functional groups attached to an aromatic ring is 1. The Morgan fingerprint density at radius 2 is 2.11 bits per heavy atom. The highest BCUT2D eigenvalue weighted by atomic mass is 32.2. The van der Waals surface area contributed by atoms with Crippen molar-refractivity contribution in [3.8, 4) is 6.01 Å². The summed E-state index contributed by atoms with van der Waals surface area (Å²) in [6.07, 6.45) is 2.42. The number of hydrogen-bond donors (Lipinski definition) is 2. The number of nitrogens with zero attached hydrogens (tertiary/aromatic N) is 3. The van der Waals surface area contributed by atoms with E-state index in [9.17, 15) is 4.21 Å². The summed E-state index contributed by atoms with van der Waals surface area (Å²) in [5.41, 5.74) is 5.56. The summed E-state index contributed by atoms with van der Waals surface area (Å²) in [6, 6.07) is 0.207. The molecule has 0 saturated carbocycles. The lowest BCUT2D eigenvalue weighted by Crippen LogP contribution is -2.14. The van der Waals surface area contributed by atoms with Crippen molar-refractivity contribution < 1.29 is 8.95 Å². The fourth-order valence-electron chi connectivity index (χ4n) is 1.19. The van der Waals surface area contributed by atoms with Crippen molar-refractivity contribution in [1.82, 2.24) is 15.0 Å². The normalized spacial score (nSPS) is 12.4. The van der Waals surface area contributed by atoms with Gasteiger partial charge in [-0.15, -0.1) is 0 Å². The highest BCUT2D eigenvalue weighted by molar-refractivity contribution is 7.84. The van der Waals surface area contributed by atoms with Gasteiger partial charge >= 0.3 is 6.01 Å². The second kappa shape index (κ2) is 7.10. The van der Waals surface area contributed by atoms with Crippen molar-refractivity contribution in [2.45, 2.75) is 26.4 Å². The SMILES string of the molecule is CC(C)Oc1nc(N)nc(NCCCS(C)=O)n1. The van der Waals surface area contributed by atoms with Gasteiger partial charge in [0.25, 0.3) is 0 Å². The summed E-state index contributed by atoms with van der Waals surface area (Å²) in [4.78, 5) is 11.9. The Morgan fingerprint density at radius 1 is 1.39 bits per heavy atom. The molecule has 0 amide bonds.